The van der Waals surface area contributed by atoms with Gasteiger partial charge in [-0.1, -0.05) is 12.1 Å². The Morgan fingerprint density at radius 2 is 1.88 bits per heavy atom. The van der Waals surface area contributed by atoms with Crippen molar-refractivity contribution in [2.75, 3.05) is 13.1 Å². The smallest absolute Gasteiger partial charge is 0.243 e. The van der Waals surface area contributed by atoms with E-state index in [1.807, 2.05) is 0 Å². The maximum absolute atomic E-state index is 12.6. The van der Waals surface area contributed by atoms with Crippen LogP contribution in [0.3, 0.4) is 0 Å². The van der Waals surface area contributed by atoms with Gasteiger partial charge in [0.2, 0.25) is 25.0 Å². The van der Waals surface area contributed by atoms with Crippen LogP contribution in [0.4, 0.5) is 0 Å². The molecule has 1 aromatic heterocycles. The number of imidazole rings is 1. The summed E-state index contributed by atoms with van der Waals surface area (Å²) in [5.41, 5.74) is 0.291. The number of carbonyl (C=O) groups is 1. The number of sulfonamides is 1. The van der Waals surface area contributed by atoms with Crippen molar-refractivity contribution in [3.63, 3.8) is 0 Å². The molecule has 1 aliphatic heterocycles. The van der Waals surface area contributed by atoms with Gasteiger partial charge in [-0.25, -0.2) is 21.8 Å². The van der Waals surface area contributed by atoms with Crippen molar-refractivity contribution in [2.45, 2.75) is 22.2 Å². The fourth-order valence-electron chi connectivity index (χ4n) is 2.59. The lowest BCUT2D eigenvalue weighted by Crippen LogP contribution is -2.56. The van der Waals surface area contributed by atoms with Gasteiger partial charge in [-0.05, 0) is 19.1 Å². The summed E-state index contributed by atoms with van der Waals surface area (Å²) in [7, 11) is -5.97. The summed E-state index contributed by atoms with van der Waals surface area (Å²) >= 11 is 0. The lowest BCUT2D eigenvalue weighted by atomic mass is 10.2. The fourth-order valence-corrected chi connectivity index (χ4v) is 6.08. The largest absolute Gasteiger partial charge is 0.325 e. The SMILES string of the molecule is CC(=O)c1cccc(S(=O)(=O)N2CC(S(=O)(=O)c3nccn3C)C2)c1. The highest BCUT2D eigenvalue weighted by atomic mass is 32.2. The first-order chi connectivity index (χ1) is 11.6. The Kier molecular flexibility index (Phi) is 4.30. The van der Waals surface area contributed by atoms with Crippen LogP contribution in [-0.2, 0) is 26.9 Å². The number of aryl methyl sites for hydroxylation is 1. The van der Waals surface area contributed by atoms with Crippen LogP contribution in [0, 0.1) is 0 Å². The van der Waals surface area contributed by atoms with Gasteiger partial charge in [0.15, 0.2) is 5.78 Å². The topological polar surface area (TPSA) is 106 Å². The van der Waals surface area contributed by atoms with E-state index in [4.69, 9.17) is 0 Å². The number of rotatable bonds is 5. The molecule has 8 nitrogen and oxygen atoms in total. The minimum atomic E-state index is -3.84. The van der Waals surface area contributed by atoms with E-state index in [9.17, 15) is 21.6 Å². The standard InChI is InChI=1S/C15H17N3O5S2/c1-11(19)12-4-3-5-13(8-12)25(22,23)18-9-14(10-18)24(20,21)15-16-6-7-17(15)2/h3-8,14H,9-10H2,1-2H3. The van der Waals surface area contributed by atoms with Gasteiger partial charge in [0.05, 0.1) is 10.1 Å². The molecule has 1 fully saturated rings. The Labute approximate surface area is 146 Å². The molecule has 2 aromatic rings. The predicted molar refractivity (Wildman–Crippen MR) is 89.4 cm³/mol. The van der Waals surface area contributed by atoms with Crippen LogP contribution in [0.15, 0.2) is 46.7 Å². The molecule has 134 valence electrons. The number of aromatic nitrogens is 2. The maximum Gasteiger partial charge on any atom is 0.243 e. The maximum atomic E-state index is 12.6. The highest BCUT2D eigenvalue weighted by Crippen LogP contribution is 2.28. The summed E-state index contributed by atoms with van der Waals surface area (Å²) in [5, 5.41) is -0.910. The van der Waals surface area contributed by atoms with Crippen LogP contribution in [0.25, 0.3) is 0 Å². The quantitative estimate of drug-likeness (QED) is 0.695. The first-order valence-electron chi connectivity index (χ1n) is 7.46. The summed E-state index contributed by atoms with van der Waals surface area (Å²) in [6, 6.07) is 5.72. The molecule has 1 aliphatic rings. The third kappa shape index (κ3) is 3.00. The number of hydrogen-bond acceptors (Lipinski definition) is 6. The molecule has 0 spiro atoms. The summed E-state index contributed by atoms with van der Waals surface area (Å²) in [6.45, 7) is 1.08. The molecule has 3 rings (SSSR count). The van der Waals surface area contributed by atoms with E-state index in [1.54, 1.807) is 7.05 Å². The van der Waals surface area contributed by atoms with Crippen molar-refractivity contribution in [2.24, 2.45) is 7.05 Å². The number of carbonyl (C=O) groups excluding carboxylic acids is 1. The molecule has 25 heavy (non-hydrogen) atoms. The van der Waals surface area contributed by atoms with Crippen LogP contribution in [-0.4, -0.2) is 54.8 Å². The Morgan fingerprint density at radius 3 is 2.44 bits per heavy atom. The van der Waals surface area contributed by atoms with Gasteiger partial charge in [0.25, 0.3) is 0 Å². The summed E-state index contributed by atoms with van der Waals surface area (Å²) in [4.78, 5) is 15.2. The van der Waals surface area contributed by atoms with E-state index in [1.165, 1.54) is 48.1 Å². The second-order valence-corrected chi connectivity index (χ2v) is 9.95. The van der Waals surface area contributed by atoms with Crippen molar-refractivity contribution in [1.29, 1.82) is 0 Å². The van der Waals surface area contributed by atoms with Crippen LogP contribution >= 0.6 is 0 Å². The third-order valence-electron chi connectivity index (χ3n) is 4.16. The lowest BCUT2D eigenvalue weighted by Gasteiger charge is -2.37. The van der Waals surface area contributed by atoms with Gasteiger partial charge < -0.3 is 4.57 Å². The van der Waals surface area contributed by atoms with E-state index >= 15 is 0 Å². The van der Waals surface area contributed by atoms with E-state index < -0.39 is 25.1 Å². The van der Waals surface area contributed by atoms with Gasteiger partial charge in [0.1, 0.15) is 0 Å². The molecule has 0 bridgehead atoms. The zero-order valence-electron chi connectivity index (χ0n) is 13.7. The summed E-state index contributed by atoms with van der Waals surface area (Å²) in [6.07, 6.45) is 2.90. The minimum absolute atomic E-state index is 0.0203. The van der Waals surface area contributed by atoms with Gasteiger partial charge in [0, 0.05) is 38.1 Å². The third-order valence-corrected chi connectivity index (χ3v) is 8.07. The number of benzene rings is 1. The normalized spacial score (nSPS) is 16.6. The van der Waals surface area contributed by atoms with Crippen LogP contribution in [0.5, 0.6) is 0 Å². The van der Waals surface area contributed by atoms with Crippen molar-refractivity contribution in [1.82, 2.24) is 13.9 Å². The van der Waals surface area contributed by atoms with E-state index in [0.29, 0.717) is 5.56 Å². The van der Waals surface area contributed by atoms with Gasteiger partial charge in [-0.2, -0.15) is 4.31 Å². The molecule has 0 saturated carbocycles. The van der Waals surface area contributed by atoms with Crippen molar-refractivity contribution < 1.29 is 21.6 Å². The second-order valence-electron chi connectivity index (χ2n) is 5.89. The van der Waals surface area contributed by atoms with Gasteiger partial charge >= 0.3 is 0 Å². The molecule has 1 saturated heterocycles. The molecule has 0 N–H and O–H groups in total. The molecule has 0 aliphatic carbocycles. The summed E-state index contributed by atoms with van der Waals surface area (Å²) in [5.74, 6) is -0.240. The molecule has 10 heteroatoms. The average molecular weight is 383 g/mol. The van der Waals surface area contributed by atoms with E-state index in [-0.39, 0.29) is 28.9 Å². The Morgan fingerprint density at radius 1 is 1.20 bits per heavy atom. The van der Waals surface area contributed by atoms with Crippen molar-refractivity contribution in [3.8, 4) is 0 Å². The molecule has 2 heterocycles. The first-order valence-corrected chi connectivity index (χ1v) is 10.4. The molecule has 0 radical (unpaired) electrons. The number of ketones is 1. The zero-order chi connectivity index (χ0) is 18.4. The Bertz CT molecular complexity index is 1030. The highest BCUT2D eigenvalue weighted by molar-refractivity contribution is 7.92. The number of sulfone groups is 1. The number of Topliss-reactive ketones (excluding diaryl/α,β-unsaturated/α-hetero) is 1. The molecular formula is C15H17N3O5S2. The van der Waals surface area contributed by atoms with Crippen molar-refractivity contribution in [3.05, 3.63) is 42.2 Å². The fraction of sp³-hybridized carbons (Fsp3) is 0.333. The Hall–Kier alpha value is -2.04. The van der Waals surface area contributed by atoms with E-state index in [0.717, 1.165) is 4.31 Å². The average Bonchev–Trinajstić information content (AvgIpc) is 2.92. The first kappa shape index (κ1) is 17.8. The lowest BCUT2D eigenvalue weighted by molar-refractivity contribution is 0.101. The number of nitrogens with zero attached hydrogens (tertiary/aromatic N) is 3. The molecule has 1 aromatic carbocycles. The van der Waals surface area contributed by atoms with Gasteiger partial charge in [-0.3, -0.25) is 4.79 Å². The van der Waals surface area contributed by atoms with Crippen LogP contribution in [0.2, 0.25) is 0 Å². The minimum Gasteiger partial charge on any atom is -0.325 e. The summed E-state index contributed by atoms with van der Waals surface area (Å²) < 4.78 is 52.7. The number of hydrogen-bond donors (Lipinski definition) is 0. The molecule has 0 amide bonds. The monoisotopic (exact) mass is 383 g/mol. The second kappa shape index (κ2) is 6.04. The Balaban J connectivity index is 1.81. The van der Waals surface area contributed by atoms with Crippen LogP contribution in [0.1, 0.15) is 17.3 Å². The van der Waals surface area contributed by atoms with Gasteiger partial charge in [-0.15, -0.1) is 0 Å². The highest BCUT2D eigenvalue weighted by Gasteiger charge is 2.45. The van der Waals surface area contributed by atoms with E-state index in [2.05, 4.69) is 4.98 Å². The van der Waals surface area contributed by atoms with Crippen LogP contribution < -0.4 is 0 Å². The molecule has 0 atom stereocenters. The van der Waals surface area contributed by atoms with Crippen molar-refractivity contribution >= 4 is 25.6 Å². The molecule has 0 unspecified atom stereocenters. The zero-order valence-corrected chi connectivity index (χ0v) is 15.3. The molecular weight excluding hydrogens is 366 g/mol. The predicted octanol–water partition coefficient (Wildman–Crippen LogP) is 0.469.